The highest BCUT2D eigenvalue weighted by atomic mass is 16.5. The van der Waals surface area contributed by atoms with E-state index in [4.69, 9.17) is 4.74 Å². The van der Waals surface area contributed by atoms with Crippen LogP contribution in [-0.4, -0.2) is 34.5 Å². The second-order valence-corrected chi connectivity index (χ2v) is 5.02. The van der Waals surface area contributed by atoms with Crippen LogP contribution in [0.5, 0.6) is 0 Å². The van der Waals surface area contributed by atoms with Crippen molar-refractivity contribution in [1.82, 2.24) is 14.9 Å². The number of aryl methyl sites for hydroxylation is 1. The van der Waals surface area contributed by atoms with E-state index >= 15 is 0 Å². The van der Waals surface area contributed by atoms with E-state index in [0.29, 0.717) is 13.1 Å². The summed E-state index contributed by atoms with van der Waals surface area (Å²) in [6, 6.07) is 11.7. The van der Waals surface area contributed by atoms with Crippen LogP contribution in [0.4, 0.5) is 0 Å². The number of carbonyl (C=O) groups excluding carboxylic acids is 1. The Bertz CT molecular complexity index is 602. The Labute approximate surface area is 131 Å². The maximum absolute atomic E-state index is 11.6. The molecule has 116 valence electrons. The molecular weight excluding hydrogens is 278 g/mol. The number of ether oxygens (including phenoxy) is 1. The van der Waals surface area contributed by atoms with Crippen LogP contribution in [-0.2, 0) is 29.0 Å². The first kappa shape index (κ1) is 16.1. The Kier molecular flexibility index (Phi) is 6.03. The Morgan fingerprint density at radius 1 is 1.09 bits per heavy atom. The molecule has 22 heavy (non-hydrogen) atoms. The minimum Gasteiger partial charge on any atom is -0.468 e. The highest BCUT2D eigenvalue weighted by Gasteiger charge is 2.13. The Morgan fingerprint density at radius 3 is 2.50 bits per heavy atom. The van der Waals surface area contributed by atoms with Gasteiger partial charge < -0.3 is 4.74 Å². The van der Waals surface area contributed by atoms with Gasteiger partial charge in [-0.3, -0.25) is 19.7 Å². The summed E-state index contributed by atoms with van der Waals surface area (Å²) in [6.07, 6.45) is 2.65. The number of rotatable bonds is 7. The van der Waals surface area contributed by atoms with Crippen molar-refractivity contribution in [3.05, 3.63) is 59.7 Å². The summed E-state index contributed by atoms with van der Waals surface area (Å²) in [4.78, 5) is 22.5. The molecule has 0 aromatic carbocycles. The van der Waals surface area contributed by atoms with Crippen molar-refractivity contribution in [3.8, 4) is 0 Å². The van der Waals surface area contributed by atoms with Crippen molar-refractivity contribution < 1.29 is 9.53 Å². The standard InChI is InChI=1S/C17H21N3O2/c1-3-14-8-6-9-16(19-14)12-20(13-17(21)22-2)11-15-7-4-5-10-18-15/h4-10H,3,11-13H2,1-2H3. The average Bonchev–Trinajstić information content (AvgIpc) is 2.55. The van der Waals surface area contributed by atoms with Crippen LogP contribution < -0.4 is 0 Å². The number of hydrogen-bond donors (Lipinski definition) is 0. The third kappa shape index (κ3) is 4.93. The predicted octanol–water partition coefficient (Wildman–Crippen LogP) is 2.21. The monoisotopic (exact) mass is 299 g/mol. The van der Waals surface area contributed by atoms with Gasteiger partial charge in [-0.2, -0.15) is 0 Å². The lowest BCUT2D eigenvalue weighted by molar-refractivity contribution is -0.142. The number of esters is 1. The van der Waals surface area contributed by atoms with Gasteiger partial charge in [0.1, 0.15) is 0 Å². The summed E-state index contributed by atoms with van der Waals surface area (Å²) in [7, 11) is 1.40. The van der Waals surface area contributed by atoms with Gasteiger partial charge >= 0.3 is 5.97 Å². The summed E-state index contributed by atoms with van der Waals surface area (Å²) in [5.41, 5.74) is 2.91. The molecule has 2 heterocycles. The lowest BCUT2D eigenvalue weighted by Crippen LogP contribution is -2.30. The summed E-state index contributed by atoms with van der Waals surface area (Å²) in [6.45, 7) is 3.45. The molecule has 0 radical (unpaired) electrons. The fraction of sp³-hybridized carbons (Fsp3) is 0.353. The van der Waals surface area contributed by atoms with E-state index in [1.165, 1.54) is 7.11 Å². The molecule has 5 nitrogen and oxygen atoms in total. The van der Waals surface area contributed by atoms with Gasteiger partial charge in [0, 0.05) is 25.0 Å². The molecule has 0 saturated heterocycles. The molecule has 0 amide bonds. The molecule has 2 aromatic rings. The summed E-state index contributed by atoms with van der Waals surface area (Å²) >= 11 is 0. The van der Waals surface area contributed by atoms with Crippen LogP contribution in [0.3, 0.4) is 0 Å². The van der Waals surface area contributed by atoms with Crippen molar-refractivity contribution >= 4 is 5.97 Å². The van der Waals surface area contributed by atoms with Crippen LogP contribution in [0.15, 0.2) is 42.6 Å². The summed E-state index contributed by atoms with van der Waals surface area (Å²) in [5.74, 6) is -0.262. The van der Waals surface area contributed by atoms with E-state index in [2.05, 4.69) is 16.9 Å². The van der Waals surface area contributed by atoms with Gasteiger partial charge in [0.25, 0.3) is 0 Å². The second kappa shape index (κ2) is 8.24. The SMILES string of the molecule is CCc1cccc(CN(CC(=O)OC)Cc2ccccn2)n1. The van der Waals surface area contributed by atoms with Gasteiger partial charge in [-0.15, -0.1) is 0 Å². The number of aromatic nitrogens is 2. The number of methoxy groups -OCH3 is 1. The van der Waals surface area contributed by atoms with Crippen LogP contribution >= 0.6 is 0 Å². The Balaban J connectivity index is 2.11. The van der Waals surface area contributed by atoms with E-state index in [9.17, 15) is 4.79 Å². The number of hydrogen-bond acceptors (Lipinski definition) is 5. The smallest absolute Gasteiger partial charge is 0.319 e. The third-order valence-electron chi connectivity index (χ3n) is 3.30. The first-order valence-corrected chi connectivity index (χ1v) is 7.35. The molecular formula is C17H21N3O2. The minimum absolute atomic E-state index is 0.213. The second-order valence-electron chi connectivity index (χ2n) is 5.02. The van der Waals surface area contributed by atoms with Crippen molar-refractivity contribution in [2.24, 2.45) is 0 Å². The largest absolute Gasteiger partial charge is 0.468 e. The zero-order chi connectivity index (χ0) is 15.8. The predicted molar refractivity (Wildman–Crippen MR) is 84.0 cm³/mol. The van der Waals surface area contributed by atoms with Crippen LogP contribution in [0.2, 0.25) is 0 Å². The first-order chi connectivity index (χ1) is 10.7. The first-order valence-electron chi connectivity index (χ1n) is 7.35. The van der Waals surface area contributed by atoms with E-state index in [1.807, 2.05) is 41.3 Å². The van der Waals surface area contributed by atoms with E-state index < -0.39 is 0 Å². The third-order valence-corrected chi connectivity index (χ3v) is 3.30. The summed E-state index contributed by atoms with van der Waals surface area (Å²) in [5, 5.41) is 0. The maximum atomic E-state index is 11.6. The zero-order valence-electron chi connectivity index (χ0n) is 13.0. The van der Waals surface area contributed by atoms with Crippen molar-refractivity contribution in [2.45, 2.75) is 26.4 Å². The van der Waals surface area contributed by atoms with Gasteiger partial charge in [-0.25, -0.2) is 0 Å². The molecule has 0 atom stereocenters. The van der Waals surface area contributed by atoms with Crippen molar-refractivity contribution in [1.29, 1.82) is 0 Å². The topological polar surface area (TPSA) is 55.3 Å². The highest BCUT2D eigenvalue weighted by Crippen LogP contribution is 2.08. The summed E-state index contributed by atoms with van der Waals surface area (Å²) < 4.78 is 4.78. The Hall–Kier alpha value is -2.27. The van der Waals surface area contributed by atoms with E-state index in [0.717, 1.165) is 23.5 Å². The van der Waals surface area contributed by atoms with Crippen LogP contribution in [0, 0.1) is 0 Å². The lowest BCUT2D eigenvalue weighted by atomic mass is 10.2. The quantitative estimate of drug-likeness (QED) is 0.734. The molecule has 2 aromatic heterocycles. The molecule has 0 aliphatic rings. The molecule has 0 saturated carbocycles. The number of nitrogens with zero attached hydrogens (tertiary/aromatic N) is 3. The minimum atomic E-state index is -0.262. The maximum Gasteiger partial charge on any atom is 0.319 e. The van der Waals surface area contributed by atoms with Gasteiger partial charge in [-0.05, 0) is 30.7 Å². The number of pyridine rings is 2. The zero-order valence-corrected chi connectivity index (χ0v) is 13.0. The fourth-order valence-electron chi connectivity index (χ4n) is 2.18. The van der Waals surface area contributed by atoms with Crippen LogP contribution in [0.25, 0.3) is 0 Å². The van der Waals surface area contributed by atoms with E-state index in [1.54, 1.807) is 6.20 Å². The molecule has 0 N–H and O–H groups in total. The average molecular weight is 299 g/mol. The van der Waals surface area contributed by atoms with E-state index in [-0.39, 0.29) is 12.5 Å². The molecule has 0 aliphatic heterocycles. The van der Waals surface area contributed by atoms with Gasteiger partial charge in [0.2, 0.25) is 0 Å². The highest BCUT2D eigenvalue weighted by molar-refractivity contribution is 5.71. The lowest BCUT2D eigenvalue weighted by Gasteiger charge is -2.20. The molecule has 0 fully saturated rings. The number of carbonyl (C=O) groups is 1. The molecule has 2 rings (SSSR count). The molecule has 0 bridgehead atoms. The molecule has 0 spiro atoms. The molecule has 0 aliphatic carbocycles. The normalized spacial score (nSPS) is 10.7. The molecule has 0 unspecified atom stereocenters. The van der Waals surface area contributed by atoms with Gasteiger partial charge in [0.15, 0.2) is 0 Å². The van der Waals surface area contributed by atoms with Crippen molar-refractivity contribution in [2.75, 3.05) is 13.7 Å². The fourth-order valence-corrected chi connectivity index (χ4v) is 2.18. The molecule has 5 heteroatoms. The van der Waals surface area contributed by atoms with Gasteiger partial charge in [-0.1, -0.05) is 19.1 Å². The van der Waals surface area contributed by atoms with Crippen molar-refractivity contribution in [3.63, 3.8) is 0 Å². The van der Waals surface area contributed by atoms with Crippen LogP contribution in [0.1, 0.15) is 24.0 Å². The van der Waals surface area contributed by atoms with Gasteiger partial charge in [0.05, 0.1) is 25.0 Å². The Morgan fingerprint density at radius 2 is 1.82 bits per heavy atom.